The van der Waals surface area contributed by atoms with Crippen LogP contribution in [0.2, 0.25) is 0 Å². The first-order chi connectivity index (χ1) is 26.6. The molecule has 8 nitrogen and oxygen atoms in total. The van der Waals surface area contributed by atoms with Gasteiger partial charge in [-0.2, -0.15) is 4.33 Å². The van der Waals surface area contributed by atoms with E-state index < -0.39 is 0 Å². The van der Waals surface area contributed by atoms with E-state index in [0.29, 0.717) is 30.8 Å². The van der Waals surface area contributed by atoms with Crippen molar-refractivity contribution >= 4 is 28.9 Å². The van der Waals surface area contributed by atoms with E-state index in [1.165, 1.54) is 31.4 Å². The van der Waals surface area contributed by atoms with Gasteiger partial charge in [0.05, 0.1) is 25.3 Å². The zero-order chi connectivity index (χ0) is 39.6. The molecule has 4 aromatic rings. The summed E-state index contributed by atoms with van der Waals surface area (Å²) in [7, 11) is -0.0829. The molecule has 0 aromatic heterocycles. The number of para-hydroxylation sites is 2. The average Bonchev–Trinajstić information content (AvgIpc) is 3.20. The Balaban J connectivity index is 0.000000185. The molecule has 0 radical (unpaired) electrons. The standard InChI is InChI=1S/C18H13OS.C15H24O3S.C12H23NO3/c1-2-8-14(9-3-1)20-17-12-6-4-10-15(17)19-16-11-5-7-13-18(16)20;1-9(2)12-7-13(10(3)4)15(19-18-17-16)14(8-12)11(5)6;1-2-3-4-5-12(14)16-11-8-13-6-9-15-10-7-13/h1-13H;7-11,16H,1-6H3;2-11H2,1H3/q+1;;/p-1. The van der Waals surface area contributed by atoms with Crippen molar-refractivity contribution in [2.24, 2.45) is 0 Å². The summed E-state index contributed by atoms with van der Waals surface area (Å²) in [4.78, 5) is 18.4. The van der Waals surface area contributed by atoms with E-state index in [4.69, 9.17) is 14.2 Å². The Morgan fingerprint density at radius 3 is 1.89 bits per heavy atom. The molecule has 1 fully saturated rings. The predicted molar refractivity (Wildman–Crippen MR) is 221 cm³/mol. The van der Waals surface area contributed by atoms with Crippen molar-refractivity contribution < 1.29 is 33.6 Å². The third kappa shape index (κ3) is 13.7. The fourth-order valence-electron chi connectivity index (χ4n) is 6.19. The second-order valence-electron chi connectivity index (χ2n) is 14.5. The smallest absolute Gasteiger partial charge is 0.305 e. The SMILES string of the molecule is CC(C)c1cc(C(C)C)c(SOO[O-])c(C(C)C)c1.CCCCCC(=O)OCCN1CCOCC1.c1ccc([S+]2c3ccccc3Oc3ccccc32)cc1. The van der Waals surface area contributed by atoms with Crippen LogP contribution in [0.5, 0.6) is 11.5 Å². The third-order valence-corrected chi connectivity index (χ3v) is 12.4. The first-order valence-electron chi connectivity index (χ1n) is 19.6. The molecule has 0 spiro atoms. The number of benzene rings is 4. The highest BCUT2D eigenvalue weighted by Gasteiger charge is 2.38. The van der Waals surface area contributed by atoms with E-state index in [2.05, 4.69) is 129 Å². The maximum absolute atomic E-state index is 11.3. The molecule has 10 heteroatoms. The molecule has 6 rings (SSSR count). The lowest BCUT2D eigenvalue weighted by molar-refractivity contribution is -0.777. The van der Waals surface area contributed by atoms with Crippen molar-refractivity contribution in [2.75, 3.05) is 39.5 Å². The van der Waals surface area contributed by atoms with Crippen molar-refractivity contribution in [3.8, 4) is 11.5 Å². The summed E-state index contributed by atoms with van der Waals surface area (Å²) >= 11 is 1.02. The normalized spacial score (nSPS) is 13.9. The van der Waals surface area contributed by atoms with Crippen molar-refractivity contribution in [1.82, 2.24) is 4.90 Å². The number of ether oxygens (including phenoxy) is 3. The summed E-state index contributed by atoms with van der Waals surface area (Å²) in [6.07, 6.45) is 3.77. The van der Waals surface area contributed by atoms with Crippen LogP contribution in [0.3, 0.4) is 0 Å². The monoisotopic (exact) mass is 789 g/mol. The average molecular weight is 790 g/mol. The van der Waals surface area contributed by atoms with Crippen LogP contribution >= 0.6 is 12.0 Å². The van der Waals surface area contributed by atoms with E-state index >= 15 is 0 Å². The number of carbonyl (C=O) groups excluding carboxylic acids is 1. The van der Waals surface area contributed by atoms with Crippen LogP contribution in [-0.4, -0.2) is 50.3 Å². The minimum absolute atomic E-state index is 0.0540. The van der Waals surface area contributed by atoms with Crippen molar-refractivity contribution in [1.29, 1.82) is 0 Å². The quantitative estimate of drug-likeness (QED) is 0.0272. The van der Waals surface area contributed by atoms with Gasteiger partial charge in [-0.25, -0.2) is 0 Å². The number of nitrogens with zero attached hydrogens (tertiary/aromatic N) is 1. The summed E-state index contributed by atoms with van der Waals surface area (Å²) in [6, 6.07) is 31.7. The Bertz CT molecular complexity index is 1650. The van der Waals surface area contributed by atoms with Crippen LogP contribution in [0, 0.1) is 0 Å². The van der Waals surface area contributed by atoms with Crippen molar-refractivity contribution in [3.05, 3.63) is 108 Å². The first kappa shape index (κ1) is 44.4. The second-order valence-corrected chi connectivity index (χ2v) is 17.1. The molecule has 0 saturated carbocycles. The molecule has 2 aliphatic heterocycles. The number of morpholine rings is 1. The minimum Gasteiger partial charge on any atom is -0.691 e. The number of rotatable bonds is 14. The van der Waals surface area contributed by atoms with Gasteiger partial charge in [0, 0.05) is 31.0 Å². The summed E-state index contributed by atoms with van der Waals surface area (Å²) < 4.78 is 21.0. The highest BCUT2D eigenvalue weighted by molar-refractivity contribution is 7.97. The fraction of sp³-hybridized carbons (Fsp3) is 0.444. The largest absolute Gasteiger partial charge is 0.691 e. The second kappa shape index (κ2) is 23.7. The highest BCUT2D eigenvalue weighted by atomic mass is 32.2. The number of hydrogen-bond donors (Lipinski definition) is 0. The molecule has 4 aromatic carbocycles. The van der Waals surface area contributed by atoms with Crippen molar-refractivity contribution in [3.63, 3.8) is 0 Å². The van der Waals surface area contributed by atoms with Gasteiger partial charge in [-0.1, -0.05) is 116 Å². The van der Waals surface area contributed by atoms with E-state index in [-0.39, 0.29) is 16.9 Å². The Morgan fingerprint density at radius 1 is 0.800 bits per heavy atom. The van der Waals surface area contributed by atoms with Crippen LogP contribution in [0.15, 0.2) is 111 Å². The van der Waals surface area contributed by atoms with E-state index in [1.807, 2.05) is 24.3 Å². The maximum Gasteiger partial charge on any atom is 0.305 e. The summed E-state index contributed by atoms with van der Waals surface area (Å²) in [5, 5.41) is 13.6. The van der Waals surface area contributed by atoms with Gasteiger partial charge < -0.3 is 19.5 Å². The number of hydrogen-bond acceptors (Lipinski definition) is 9. The summed E-state index contributed by atoms with van der Waals surface area (Å²) in [5.74, 6) is 3.10. The Kier molecular flexibility index (Phi) is 19.1. The zero-order valence-electron chi connectivity index (χ0n) is 33.6. The van der Waals surface area contributed by atoms with E-state index in [9.17, 15) is 10.1 Å². The highest BCUT2D eigenvalue weighted by Crippen LogP contribution is 2.46. The first-order valence-corrected chi connectivity index (χ1v) is 21.5. The number of fused-ring (bicyclic) bond motifs is 2. The molecule has 0 unspecified atom stereocenters. The van der Waals surface area contributed by atoms with Gasteiger partial charge in [0.25, 0.3) is 0 Å². The molecule has 0 amide bonds. The lowest BCUT2D eigenvalue weighted by atomic mass is 9.89. The van der Waals surface area contributed by atoms with Crippen LogP contribution in [0.4, 0.5) is 0 Å². The molecule has 2 heterocycles. The summed E-state index contributed by atoms with van der Waals surface area (Å²) in [5.41, 5.74) is 3.73. The molecular weight excluding hydrogens is 731 g/mol. The number of esters is 1. The molecule has 0 aliphatic carbocycles. The van der Waals surface area contributed by atoms with Gasteiger partial charge in [-0.3, -0.25) is 14.7 Å². The van der Waals surface area contributed by atoms with E-state index in [1.54, 1.807) is 0 Å². The van der Waals surface area contributed by atoms with Gasteiger partial charge in [0.1, 0.15) is 17.5 Å². The molecule has 1 saturated heterocycles. The summed E-state index contributed by atoms with van der Waals surface area (Å²) in [6.45, 7) is 19.9. The van der Waals surface area contributed by atoms with Gasteiger partial charge in [-0.15, -0.1) is 0 Å². The van der Waals surface area contributed by atoms with E-state index in [0.717, 1.165) is 80.5 Å². The van der Waals surface area contributed by atoms with Gasteiger partial charge >= 0.3 is 5.97 Å². The molecule has 298 valence electrons. The molecule has 0 atom stereocenters. The Morgan fingerprint density at radius 2 is 1.36 bits per heavy atom. The Labute approximate surface area is 336 Å². The molecule has 0 N–H and O–H groups in total. The topological polar surface area (TPSA) is 89.5 Å². The third-order valence-electron chi connectivity index (χ3n) is 9.32. The Hall–Kier alpha value is -3.35. The van der Waals surface area contributed by atoms with Gasteiger partial charge in [0.15, 0.2) is 16.4 Å². The minimum atomic E-state index is -0.0829. The van der Waals surface area contributed by atoms with Crippen LogP contribution in [0.1, 0.15) is 109 Å². The van der Waals surface area contributed by atoms with Gasteiger partial charge in [-0.05, 0) is 77.3 Å². The maximum atomic E-state index is 11.3. The van der Waals surface area contributed by atoms with Crippen molar-refractivity contribution in [2.45, 2.75) is 111 Å². The fourth-order valence-corrected chi connectivity index (χ4v) is 9.29. The number of unbranched alkanes of at least 4 members (excludes halogenated alkanes) is 2. The van der Waals surface area contributed by atoms with Crippen LogP contribution < -0.4 is 9.99 Å². The molecule has 0 bridgehead atoms. The van der Waals surface area contributed by atoms with Crippen LogP contribution in [0.25, 0.3) is 0 Å². The number of carbonyl (C=O) groups is 1. The molecular formula is C45H59NO7S2. The van der Waals surface area contributed by atoms with Gasteiger partial charge in [0.2, 0.25) is 9.79 Å². The molecule has 55 heavy (non-hydrogen) atoms. The van der Waals surface area contributed by atoms with Crippen LogP contribution in [-0.2, 0) is 34.5 Å². The lowest BCUT2D eigenvalue weighted by Crippen LogP contribution is -2.38. The molecule has 2 aliphatic rings. The lowest BCUT2D eigenvalue weighted by Gasteiger charge is -2.26. The predicted octanol–water partition coefficient (Wildman–Crippen LogP) is 10.6. The zero-order valence-corrected chi connectivity index (χ0v) is 35.2.